The molecule has 0 saturated carbocycles. The van der Waals surface area contributed by atoms with Gasteiger partial charge in [-0.25, -0.2) is 0 Å². The molecule has 0 aliphatic heterocycles. The standard InChI is InChI=1S/C8H16N2O3.2C2H6/c1-7(11)9-3-5-13-6-4-10-8(2)12;2*1-2/h3-6H2,1-2H3,(H,9,11)(H,10,12);2*1-2H3. The topological polar surface area (TPSA) is 67.4 Å². The lowest BCUT2D eigenvalue weighted by Crippen LogP contribution is -2.27. The molecule has 0 saturated heterocycles. The fourth-order valence-electron chi connectivity index (χ4n) is 0.701. The lowest BCUT2D eigenvalue weighted by Gasteiger charge is -2.04. The Balaban J connectivity index is -0.000000439. The van der Waals surface area contributed by atoms with Crippen LogP contribution in [0.5, 0.6) is 0 Å². The van der Waals surface area contributed by atoms with Crippen molar-refractivity contribution in [1.29, 1.82) is 0 Å². The quantitative estimate of drug-likeness (QED) is 0.697. The van der Waals surface area contributed by atoms with E-state index in [1.165, 1.54) is 13.8 Å². The number of rotatable bonds is 6. The van der Waals surface area contributed by atoms with Crippen molar-refractivity contribution >= 4 is 11.8 Å². The van der Waals surface area contributed by atoms with Gasteiger partial charge in [-0.3, -0.25) is 9.59 Å². The Morgan fingerprint density at radius 2 is 1.12 bits per heavy atom. The fraction of sp³-hybridized carbons (Fsp3) is 0.833. The van der Waals surface area contributed by atoms with Gasteiger partial charge in [0.15, 0.2) is 0 Å². The Hall–Kier alpha value is -1.10. The maximum atomic E-state index is 10.4. The largest absolute Gasteiger partial charge is 0.378 e. The van der Waals surface area contributed by atoms with Gasteiger partial charge in [0.05, 0.1) is 13.2 Å². The van der Waals surface area contributed by atoms with E-state index in [1.807, 2.05) is 27.7 Å². The molecule has 0 atom stereocenters. The van der Waals surface area contributed by atoms with E-state index in [0.29, 0.717) is 26.3 Å². The van der Waals surface area contributed by atoms with Crippen LogP contribution in [0.4, 0.5) is 0 Å². The molecule has 5 heteroatoms. The van der Waals surface area contributed by atoms with Gasteiger partial charge in [0.1, 0.15) is 0 Å². The van der Waals surface area contributed by atoms with E-state index in [2.05, 4.69) is 10.6 Å². The highest BCUT2D eigenvalue weighted by molar-refractivity contribution is 5.73. The van der Waals surface area contributed by atoms with Gasteiger partial charge < -0.3 is 15.4 Å². The van der Waals surface area contributed by atoms with Gasteiger partial charge in [-0.15, -0.1) is 0 Å². The Bertz CT molecular complexity index is 155. The van der Waals surface area contributed by atoms with Crippen LogP contribution < -0.4 is 10.6 Å². The highest BCUT2D eigenvalue weighted by Crippen LogP contribution is 1.72. The molecule has 0 aromatic carbocycles. The second-order valence-electron chi connectivity index (χ2n) is 2.58. The zero-order chi connectivity index (χ0) is 14.1. The second-order valence-corrected chi connectivity index (χ2v) is 2.58. The lowest BCUT2D eigenvalue weighted by molar-refractivity contribution is -0.119. The SMILES string of the molecule is CC.CC.CC(=O)NCCOCCNC(C)=O. The summed E-state index contributed by atoms with van der Waals surface area (Å²) in [5.41, 5.74) is 0. The first-order valence-electron chi connectivity index (χ1n) is 6.19. The van der Waals surface area contributed by atoms with Crippen molar-refractivity contribution in [2.45, 2.75) is 41.5 Å². The highest BCUT2D eigenvalue weighted by atomic mass is 16.5. The zero-order valence-corrected chi connectivity index (χ0v) is 12.1. The van der Waals surface area contributed by atoms with Gasteiger partial charge in [0.2, 0.25) is 11.8 Å². The Labute approximate surface area is 105 Å². The molecule has 0 spiro atoms. The van der Waals surface area contributed by atoms with Crippen LogP contribution in [0.15, 0.2) is 0 Å². The van der Waals surface area contributed by atoms with Crippen LogP contribution in [0.2, 0.25) is 0 Å². The number of carbonyl (C=O) groups excluding carboxylic acids is 2. The Morgan fingerprint density at radius 3 is 1.35 bits per heavy atom. The minimum absolute atomic E-state index is 0.0644. The minimum Gasteiger partial charge on any atom is -0.378 e. The van der Waals surface area contributed by atoms with Crippen LogP contribution in [0, 0.1) is 0 Å². The average Bonchev–Trinajstić information content (AvgIpc) is 2.32. The summed E-state index contributed by atoms with van der Waals surface area (Å²) in [6, 6.07) is 0. The van der Waals surface area contributed by atoms with Crippen LogP contribution in [-0.4, -0.2) is 38.1 Å². The molecular formula is C12H28N2O3. The van der Waals surface area contributed by atoms with Gasteiger partial charge in [0, 0.05) is 26.9 Å². The maximum Gasteiger partial charge on any atom is 0.216 e. The van der Waals surface area contributed by atoms with E-state index < -0.39 is 0 Å². The molecule has 2 N–H and O–H groups in total. The molecule has 0 aliphatic rings. The molecule has 0 heterocycles. The third kappa shape index (κ3) is 31.3. The molecule has 0 aliphatic carbocycles. The molecule has 5 nitrogen and oxygen atoms in total. The molecule has 0 aromatic heterocycles. The van der Waals surface area contributed by atoms with Gasteiger partial charge in [-0.1, -0.05) is 27.7 Å². The predicted molar refractivity (Wildman–Crippen MR) is 70.9 cm³/mol. The first-order chi connectivity index (χ1) is 8.13. The predicted octanol–water partition coefficient (Wildman–Crippen LogP) is 1.33. The smallest absolute Gasteiger partial charge is 0.216 e. The van der Waals surface area contributed by atoms with E-state index in [4.69, 9.17) is 4.74 Å². The van der Waals surface area contributed by atoms with Crippen LogP contribution in [-0.2, 0) is 14.3 Å². The molecule has 2 amide bonds. The normalized spacial score (nSPS) is 7.88. The number of nitrogens with one attached hydrogen (secondary N) is 2. The van der Waals surface area contributed by atoms with Crippen molar-refractivity contribution in [2.24, 2.45) is 0 Å². The van der Waals surface area contributed by atoms with E-state index in [1.54, 1.807) is 0 Å². The third-order valence-electron chi connectivity index (χ3n) is 1.24. The zero-order valence-electron chi connectivity index (χ0n) is 12.1. The molecule has 104 valence electrons. The first-order valence-corrected chi connectivity index (χ1v) is 6.19. The van der Waals surface area contributed by atoms with Crippen LogP contribution in [0.1, 0.15) is 41.5 Å². The fourth-order valence-corrected chi connectivity index (χ4v) is 0.701. The van der Waals surface area contributed by atoms with Gasteiger partial charge in [-0.05, 0) is 0 Å². The number of ether oxygens (including phenoxy) is 1. The third-order valence-corrected chi connectivity index (χ3v) is 1.24. The van der Waals surface area contributed by atoms with Crippen LogP contribution >= 0.6 is 0 Å². The summed E-state index contributed by atoms with van der Waals surface area (Å²) in [6.45, 7) is 12.9. The average molecular weight is 248 g/mol. The summed E-state index contributed by atoms with van der Waals surface area (Å²) in [5.74, 6) is -0.129. The van der Waals surface area contributed by atoms with E-state index in [9.17, 15) is 9.59 Å². The molecular weight excluding hydrogens is 220 g/mol. The number of carbonyl (C=O) groups is 2. The summed E-state index contributed by atoms with van der Waals surface area (Å²) in [6.07, 6.45) is 0. The van der Waals surface area contributed by atoms with E-state index in [-0.39, 0.29) is 11.8 Å². The van der Waals surface area contributed by atoms with Crippen molar-refractivity contribution in [3.05, 3.63) is 0 Å². The molecule has 17 heavy (non-hydrogen) atoms. The summed E-state index contributed by atoms with van der Waals surface area (Å²) < 4.78 is 5.10. The number of hydrogen-bond donors (Lipinski definition) is 2. The van der Waals surface area contributed by atoms with Crippen LogP contribution in [0.3, 0.4) is 0 Å². The van der Waals surface area contributed by atoms with Crippen molar-refractivity contribution in [2.75, 3.05) is 26.3 Å². The van der Waals surface area contributed by atoms with E-state index in [0.717, 1.165) is 0 Å². The number of amides is 2. The van der Waals surface area contributed by atoms with Crippen molar-refractivity contribution in [3.8, 4) is 0 Å². The molecule has 0 unspecified atom stereocenters. The summed E-state index contributed by atoms with van der Waals surface area (Å²) >= 11 is 0. The summed E-state index contributed by atoms with van der Waals surface area (Å²) in [4.78, 5) is 20.8. The Kier molecular flexibility index (Phi) is 25.4. The lowest BCUT2D eigenvalue weighted by atomic mass is 10.6. The minimum atomic E-state index is -0.0644. The first kappa shape index (κ1) is 21.2. The summed E-state index contributed by atoms with van der Waals surface area (Å²) in [7, 11) is 0. The van der Waals surface area contributed by atoms with Gasteiger partial charge in [-0.2, -0.15) is 0 Å². The van der Waals surface area contributed by atoms with Gasteiger partial charge in [0.25, 0.3) is 0 Å². The summed E-state index contributed by atoms with van der Waals surface area (Å²) in [5, 5.41) is 5.19. The molecule has 0 fully saturated rings. The van der Waals surface area contributed by atoms with Crippen LogP contribution in [0.25, 0.3) is 0 Å². The second kappa shape index (κ2) is 20.3. The number of hydrogen-bond acceptors (Lipinski definition) is 3. The van der Waals surface area contributed by atoms with E-state index >= 15 is 0 Å². The molecule has 0 aromatic rings. The van der Waals surface area contributed by atoms with Crippen molar-refractivity contribution < 1.29 is 14.3 Å². The molecule has 0 bridgehead atoms. The monoisotopic (exact) mass is 248 g/mol. The van der Waals surface area contributed by atoms with Crippen molar-refractivity contribution in [1.82, 2.24) is 10.6 Å². The van der Waals surface area contributed by atoms with Crippen molar-refractivity contribution in [3.63, 3.8) is 0 Å². The Morgan fingerprint density at radius 1 is 0.824 bits per heavy atom. The van der Waals surface area contributed by atoms with Gasteiger partial charge >= 0.3 is 0 Å². The molecule has 0 radical (unpaired) electrons. The highest BCUT2D eigenvalue weighted by Gasteiger charge is 1.92. The maximum absolute atomic E-state index is 10.4. The molecule has 0 rings (SSSR count).